The van der Waals surface area contributed by atoms with E-state index < -0.39 is 0 Å². The van der Waals surface area contributed by atoms with Crippen molar-refractivity contribution in [1.82, 2.24) is 4.90 Å². The molecule has 0 aliphatic carbocycles. The van der Waals surface area contributed by atoms with Crippen molar-refractivity contribution in [3.8, 4) is 0 Å². The van der Waals surface area contributed by atoms with E-state index in [1.165, 1.54) is 5.56 Å². The lowest BCUT2D eigenvalue weighted by Gasteiger charge is -2.15. The third-order valence-corrected chi connectivity index (χ3v) is 3.05. The molecule has 0 aromatic heterocycles. The van der Waals surface area contributed by atoms with Crippen LogP contribution >= 0.6 is 0 Å². The van der Waals surface area contributed by atoms with Gasteiger partial charge in [-0.3, -0.25) is 4.90 Å². The topological polar surface area (TPSA) is 49.5 Å². The third-order valence-electron chi connectivity index (χ3n) is 3.05. The van der Waals surface area contributed by atoms with E-state index in [-0.39, 0.29) is 18.6 Å². The van der Waals surface area contributed by atoms with Crippen LogP contribution in [0.5, 0.6) is 0 Å². The van der Waals surface area contributed by atoms with Gasteiger partial charge in [0.15, 0.2) is 0 Å². The van der Waals surface area contributed by atoms with Gasteiger partial charge in [0, 0.05) is 38.2 Å². The summed E-state index contributed by atoms with van der Waals surface area (Å²) in [4.78, 5) is 2.31. The second kappa shape index (κ2) is 4.75. The van der Waals surface area contributed by atoms with Crippen LogP contribution in [0.25, 0.3) is 0 Å². The monoisotopic (exact) mass is 206 g/mol. The number of nitrogens with zero attached hydrogens (tertiary/aromatic N) is 1. The van der Waals surface area contributed by atoms with E-state index in [9.17, 15) is 0 Å². The molecule has 82 valence electrons. The molecule has 3 N–H and O–H groups in total. The highest BCUT2D eigenvalue weighted by molar-refractivity contribution is 5.14. The van der Waals surface area contributed by atoms with Gasteiger partial charge < -0.3 is 10.8 Å². The van der Waals surface area contributed by atoms with Gasteiger partial charge in [0.1, 0.15) is 0 Å². The minimum atomic E-state index is 0.124. The summed E-state index contributed by atoms with van der Waals surface area (Å²) < 4.78 is 0. The number of aliphatic hydroxyl groups is 1. The fraction of sp³-hybridized carbons (Fsp3) is 0.500. The van der Waals surface area contributed by atoms with Crippen LogP contribution in [-0.2, 0) is 6.54 Å². The Kier molecular flexibility index (Phi) is 3.36. The predicted octanol–water partition coefficient (Wildman–Crippen LogP) is 0.438. The number of hydrogen-bond donors (Lipinski definition) is 2. The maximum Gasteiger partial charge on any atom is 0.0486 e. The van der Waals surface area contributed by atoms with Gasteiger partial charge in [0.25, 0.3) is 0 Å². The Hall–Kier alpha value is -0.900. The van der Waals surface area contributed by atoms with E-state index >= 15 is 0 Å². The second-order valence-electron chi connectivity index (χ2n) is 4.29. The summed E-state index contributed by atoms with van der Waals surface area (Å²) in [5, 5.41) is 9.11. The molecule has 1 saturated heterocycles. The summed E-state index contributed by atoms with van der Waals surface area (Å²) >= 11 is 0. The van der Waals surface area contributed by atoms with Crippen LogP contribution < -0.4 is 5.73 Å². The number of likely N-dealkylation sites (tertiary alicyclic amines) is 1. The molecule has 15 heavy (non-hydrogen) atoms. The van der Waals surface area contributed by atoms with Gasteiger partial charge in [0.05, 0.1) is 0 Å². The van der Waals surface area contributed by atoms with Crippen LogP contribution in [0.1, 0.15) is 5.56 Å². The molecule has 1 aromatic rings. The SMILES string of the molecule is N[C@H]1CN(Cc2ccccc2)CC1CO. The molecule has 2 rings (SSSR count). The summed E-state index contributed by atoms with van der Waals surface area (Å²) in [6, 6.07) is 10.5. The van der Waals surface area contributed by atoms with Gasteiger partial charge in [-0.15, -0.1) is 0 Å². The van der Waals surface area contributed by atoms with Crippen LogP contribution in [0.15, 0.2) is 30.3 Å². The molecule has 0 bridgehead atoms. The zero-order chi connectivity index (χ0) is 10.7. The molecular formula is C12H18N2O. The lowest BCUT2D eigenvalue weighted by atomic mass is 10.1. The first-order valence-corrected chi connectivity index (χ1v) is 5.42. The number of rotatable bonds is 3. The Morgan fingerprint density at radius 2 is 2.00 bits per heavy atom. The third kappa shape index (κ3) is 2.56. The minimum absolute atomic E-state index is 0.124. The van der Waals surface area contributed by atoms with E-state index in [0.717, 1.165) is 19.6 Å². The summed E-state index contributed by atoms with van der Waals surface area (Å²) in [5.41, 5.74) is 7.24. The summed E-state index contributed by atoms with van der Waals surface area (Å²) in [5.74, 6) is 0.244. The van der Waals surface area contributed by atoms with Gasteiger partial charge in [0.2, 0.25) is 0 Å². The first-order valence-electron chi connectivity index (χ1n) is 5.42. The Balaban J connectivity index is 1.92. The molecule has 1 unspecified atom stereocenters. The Labute approximate surface area is 90.5 Å². The highest BCUT2D eigenvalue weighted by Crippen LogP contribution is 2.17. The zero-order valence-corrected chi connectivity index (χ0v) is 8.84. The maximum atomic E-state index is 9.11. The zero-order valence-electron chi connectivity index (χ0n) is 8.84. The number of hydrogen-bond acceptors (Lipinski definition) is 3. The van der Waals surface area contributed by atoms with Crippen molar-refractivity contribution < 1.29 is 5.11 Å². The number of benzene rings is 1. The average Bonchev–Trinajstić information content (AvgIpc) is 2.60. The molecule has 1 heterocycles. The van der Waals surface area contributed by atoms with Crippen molar-refractivity contribution in [2.75, 3.05) is 19.7 Å². The van der Waals surface area contributed by atoms with Crippen LogP contribution in [0, 0.1) is 5.92 Å². The molecule has 1 aliphatic rings. The Morgan fingerprint density at radius 1 is 1.27 bits per heavy atom. The van der Waals surface area contributed by atoms with Crippen LogP contribution in [0.3, 0.4) is 0 Å². The largest absolute Gasteiger partial charge is 0.396 e. The molecular weight excluding hydrogens is 188 g/mol. The van der Waals surface area contributed by atoms with Gasteiger partial charge in [-0.05, 0) is 5.56 Å². The lowest BCUT2D eigenvalue weighted by Crippen LogP contribution is -2.31. The second-order valence-corrected chi connectivity index (χ2v) is 4.29. The average molecular weight is 206 g/mol. The van der Waals surface area contributed by atoms with E-state index in [4.69, 9.17) is 10.8 Å². The molecule has 0 radical (unpaired) electrons. The Morgan fingerprint density at radius 3 is 2.60 bits per heavy atom. The van der Waals surface area contributed by atoms with E-state index in [1.54, 1.807) is 0 Å². The van der Waals surface area contributed by atoms with Crippen LogP contribution in [0.2, 0.25) is 0 Å². The molecule has 0 spiro atoms. The predicted molar refractivity (Wildman–Crippen MR) is 60.3 cm³/mol. The smallest absolute Gasteiger partial charge is 0.0486 e. The van der Waals surface area contributed by atoms with Gasteiger partial charge >= 0.3 is 0 Å². The quantitative estimate of drug-likeness (QED) is 0.754. The molecule has 0 saturated carbocycles. The van der Waals surface area contributed by atoms with Gasteiger partial charge in [-0.2, -0.15) is 0 Å². The normalized spacial score (nSPS) is 27.1. The van der Waals surface area contributed by atoms with Crippen molar-refractivity contribution in [2.24, 2.45) is 11.7 Å². The molecule has 3 heteroatoms. The van der Waals surface area contributed by atoms with Crippen molar-refractivity contribution in [2.45, 2.75) is 12.6 Å². The van der Waals surface area contributed by atoms with Crippen molar-refractivity contribution >= 4 is 0 Å². The van der Waals surface area contributed by atoms with Crippen molar-refractivity contribution in [3.63, 3.8) is 0 Å². The number of aliphatic hydroxyl groups excluding tert-OH is 1. The summed E-state index contributed by atoms with van der Waals surface area (Å²) in [6.45, 7) is 2.93. The first-order chi connectivity index (χ1) is 7.29. The van der Waals surface area contributed by atoms with Gasteiger partial charge in [-0.25, -0.2) is 0 Å². The van der Waals surface area contributed by atoms with Crippen LogP contribution in [0.4, 0.5) is 0 Å². The highest BCUT2D eigenvalue weighted by atomic mass is 16.3. The molecule has 1 aliphatic heterocycles. The number of nitrogens with two attached hydrogens (primary N) is 1. The van der Waals surface area contributed by atoms with E-state index in [0.29, 0.717) is 0 Å². The summed E-state index contributed by atoms with van der Waals surface area (Å²) in [7, 11) is 0. The Bertz CT molecular complexity index is 302. The van der Waals surface area contributed by atoms with Crippen LogP contribution in [-0.4, -0.2) is 35.7 Å². The highest BCUT2D eigenvalue weighted by Gasteiger charge is 2.29. The van der Waals surface area contributed by atoms with Crippen molar-refractivity contribution in [1.29, 1.82) is 0 Å². The van der Waals surface area contributed by atoms with E-state index in [2.05, 4.69) is 29.2 Å². The minimum Gasteiger partial charge on any atom is -0.396 e. The summed E-state index contributed by atoms with van der Waals surface area (Å²) in [6.07, 6.45) is 0. The van der Waals surface area contributed by atoms with E-state index in [1.807, 2.05) is 6.07 Å². The fourth-order valence-corrected chi connectivity index (χ4v) is 2.15. The maximum absolute atomic E-state index is 9.11. The van der Waals surface area contributed by atoms with Gasteiger partial charge in [-0.1, -0.05) is 30.3 Å². The fourth-order valence-electron chi connectivity index (χ4n) is 2.15. The molecule has 2 atom stereocenters. The first kappa shape index (κ1) is 10.6. The molecule has 1 aromatic carbocycles. The molecule has 0 amide bonds. The standard InChI is InChI=1S/C12H18N2O/c13-12-8-14(7-11(12)9-15)6-10-4-2-1-3-5-10/h1-5,11-12,15H,6-9,13H2/t11?,12-/m0/s1. The molecule has 1 fully saturated rings. The molecule has 3 nitrogen and oxygen atoms in total. The van der Waals surface area contributed by atoms with Crippen molar-refractivity contribution in [3.05, 3.63) is 35.9 Å². The lowest BCUT2D eigenvalue weighted by molar-refractivity contribution is 0.214.